The Morgan fingerprint density at radius 3 is 2.48 bits per heavy atom. The molecular formula is C22H25Br2N3O2. The summed E-state index contributed by atoms with van der Waals surface area (Å²) in [5, 5.41) is 7.37. The van der Waals surface area contributed by atoms with Gasteiger partial charge in [0.15, 0.2) is 0 Å². The minimum absolute atomic E-state index is 0.132. The molecule has 1 fully saturated rings. The Bertz CT molecular complexity index is 814. The van der Waals surface area contributed by atoms with Crippen molar-refractivity contribution in [3.05, 3.63) is 62.5 Å². The number of halogens is 2. The Kier molecular flexibility index (Phi) is 8.70. The van der Waals surface area contributed by atoms with Crippen LogP contribution in [0, 0.1) is 0 Å². The normalized spacial score (nSPS) is 14.8. The van der Waals surface area contributed by atoms with Crippen LogP contribution in [-0.4, -0.2) is 24.7 Å². The molecule has 7 heteroatoms. The van der Waals surface area contributed by atoms with E-state index in [1.54, 1.807) is 6.21 Å². The predicted molar refractivity (Wildman–Crippen MR) is 123 cm³/mol. The molecule has 0 spiro atoms. The number of nitrogens with one attached hydrogen (secondary N) is 2. The lowest BCUT2D eigenvalue weighted by atomic mass is 9.95. The highest BCUT2D eigenvalue weighted by molar-refractivity contribution is 9.11. The van der Waals surface area contributed by atoms with Crippen molar-refractivity contribution in [2.75, 3.05) is 6.54 Å². The molecule has 2 N–H and O–H groups in total. The Hall–Kier alpha value is -1.70. The monoisotopic (exact) mass is 521 g/mol. The van der Waals surface area contributed by atoms with Crippen LogP contribution in [0.1, 0.15) is 43.2 Å². The SMILES string of the molecule is O=C(CNC1CCCCC1)N/N=C\c1cc(Br)c(OCc2ccccc2)c(Br)c1. The molecule has 0 aliphatic heterocycles. The van der Waals surface area contributed by atoms with E-state index in [0.29, 0.717) is 19.2 Å². The third kappa shape index (κ3) is 7.24. The van der Waals surface area contributed by atoms with Gasteiger partial charge in [-0.2, -0.15) is 5.10 Å². The fourth-order valence-corrected chi connectivity index (χ4v) is 4.73. The van der Waals surface area contributed by atoms with Crippen LogP contribution in [0.25, 0.3) is 0 Å². The minimum Gasteiger partial charge on any atom is -0.487 e. The second-order valence-corrected chi connectivity index (χ2v) is 8.81. The van der Waals surface area contributed by atoms with Crippen molar-refractivity contribution in [3.8, 4) is 5.75 Å². The number of benzene rings is 2. The van der Waals surface area contributed by atoms with Crippen LogP contribution in [-0.2, 0) is 11.4 Å². The van der Waals surface area contributed by atoms with Gasteiger partial charge >= 0.3 is 0 Å². The highest BCUT2D eigenvalue weighted by Crippen LogP contribution is 2.35. The molecule has 2 aromatic carbocycles. The highest BCUT2D eigenvalue weighted by atomic mass is 79.9. The maximum Gasteiger partial charge on any atom is 0.254 e. The first-order valence-electron chi connectivity index (χ1n) is 9.83. The second-order valence-electron chi connectivity index (χ2n) is 7.10. The van der Waals surface area contributed by atoms with Crippen LogP contribution in [0.15, 0.2) is 56.5 Å². The molecule has 2 aromatic rings. The van der Waals surface area contributed by atoms with E-state index in [0.717, 1.165) is 38.7 Å². The van der Waals surface area contributed by atoms with E-state index in [1.807, 2.05) is 42.5 Å². The molecule has 0 heterocycles. The molecule has 0 aromatic heterocycles. The summed E-state index contributed by atoms with van der Waals surface area (Å²) in [6.45, 7) is 0.775. The number of hydrogen-bond donors (Lipinski definition) is 2. The number of carbonyl (C=O) groups excluding carboxylic acids is 1. The Labute approximate surface area is 188 Å². The fraction of sp³-hybridized carbons (Fsp3) is 0.364. The van der Waals surface area contributed by atoms with Crippen LogP contribution in [0.4, 0.5) is 0 Å². The Morgan fingerprint density at radius 2 is 1.79 bits per heavy atom. The molecular weight excluding hydrogens is 498 g/mol. The number of carbonyl (C=O) groups is 1. The van der Waals surface area contributed by atoms with Gasteiger partial charge in [0.25, 0.3) is 5.91 Å². The smallest absolute Gasteiger partial charge is 0.254 e. The topological polar surface area (TPSA) is 62.7 Å². The van der Waals surface area contributed by atoms with Crippen LogP contribution >= 0.6 is 31.9 Å². The first kappa shape index (κ1) is 22.0. The molecule has 5 nitrogen and oxygen atoms in total. The number of ether oxygens (including phenoxy) is 1. The van der Waals surface area contributed by atoms with E-state index in [1.165, 1.54) is 19.3 Å². The van der Waals surface area contributed by atoms with Crippen molar-refractivity contribution in [2.24, 2.45) is 5.10 Å². The number of rotatable bonds is 8. The molecule has 0 bridgehead atoms. The van der Waals surface area contributed by atoms with Crippen molar-refractivity contribution < 1.29 is 9.53 Å². The number of nitrogens with zero attached hydrogens (tertiary/aromatic N) is 1. The minimum atomic E-state index is -0.132. The van der Waals surface area contributed by atoms with E-state index in [4.69, 9.17) is 4.74 Å². The molecule has 1 amide bonds. The molecule has 1 saturated carbocycles. The van der Waals surface area contributed by atoms with Gasteiger partial charge in [-0.15, -0.1) is 0 Å². The molecule has 0 atom stereocenters. The van der Waals surface area contributed by atoms with Crippen LogP contribution in [0.5, 0.6) is 5.75 Å². The van der Waals surface area contributed by atoms with Gasteiger partial charge in [-0.25, -0.2) is 5.43 Å². The van der Waals surface area contributed by atoms with Crippen molar-refractivity contribution in [2.45, 2.75) is 44.8 Å². The summed E-state index contributed by atoms with van der Waals surface area (Å²) in [6.07, 6.45) is 7.71. The van der Waals surface area contributed by atoms with Gasteiger partial charge in [0, 0.05) is 6.04 Å². The lowest BCUT2D eigenvalue weighted by Crippen LogP contribution is -2.38. The van der Waals surface area contributed by atoms with Crippen molar-refractivity contribution >= 4 is 44.0 Å². The quantitative estimate of drug-likeness (QED) is 0.371. The summed E-state index contributed by atoms with van der Waals surface area (Å²) >= 11 is 7.09. The number of hydrazone groups is 1. The fourth-order valence-electron chi connectivity index (χ4n) is 3.28. The maximum atomic E-state index is 12.0. The zero-order valence-corrected chi connectivity index (χ0v) is 19.3. The van der Waals surface area contributed by atoms with Crippen molar-refractivity contribution in [3.63, 3.8) is 0 Å². The maximum absolute atomic E-state index is 12.0. The zero-order chi connectivity index (χ0) is 20.5. The third-order valence-electron chi connectivity index (χ3n) is 4.81. The molecule has 0 saturated heterocycles. The Morgan fingerprint density at radius 1 is 1.10 bits per heavy atom. The Balaban J connectivity index is 1.49. The van der Waals surface area contributed by atoms with Crippen LogP contribution < -0.4 is 15.5 Å². The van der Waals surface area contributed by atoms with E-state index in [2.05, 4.69) is 47.7 Å². The predicted octanol–water partition coefficient (Wildman–Crippen LogP) is 5.16. The van der Waals surface area contributed by atoms with Gasteiger partial charge in [-0.1, -0.05) is 49.6 Å². The number of amides is 1. The van der Waals surface area contributed by atoms with E-state index in [9.17, 15) is 4.79 Å². The second kappa shape index (κ2) is 11.5. The summed E-state index contributed by atoms with van der Waals surface area (Å²) < 4.78 is 7.55. The average Bonchev–Trinajstić information content (AvgIpc) is 2.73. The molecule has 0 radical (unpaired) electrons. The highest BCUT2D eigenvalue weighted by Gasteiger charge is 2.13. The van der Waals surface area contributed by atoms with E-state index < -0.39 is 0 Å². The van der Waals surface area contributed by atoms with Crippen molar-refractivity contribution in [1.29, 1.82) is 0 Å². The summed E-state index contributed by atoms with van der Waals surface area (Å²) in [7, 11) is 0. The van der Waals surface area contributed by atoms with Gasteiger partial charge in [-0.3, -0.25) is 4.79 Å². The summed E-state index contributed by atoms with van der Waals surface area (Å²) in [5.74, 6) is 0.597. The van der Waals surface area contributed by atoms with E-state index >= 15 is 0 Å². The average molecular weight is 523 g/mol. The van der Waals surface area contributed by atoms with Gasteiger partial charge in [0.2, 0.25) is 0 Å². The molecule has 0 unspecified atom stereocenters. The van der Waals surface area contributed by atoms with E-state index in [-0.39, 0.29) is 5.91 Å². The lowest BCUT2D eigenvalue weighted by molar-refractivity contribution is -0.120. The summed E-state index contributed by atoms with van der Waals surface area (Å²) in [5.41, 5.74) is 4.52. The molecule has 1 aliphatic carbocycles. The van der Waals surface area contributed by atoms with Gasteiger partial charge in [0.05, 0.1) is 21.7 Å². The van der Waals surface area contributed by atoms with Gasteiger partial charge < -0.3 is 10.1 Å². The molecule has 154 valence electrons. The molecule has 1 aliphatic rings. The standard InChI is InChI=1S/C22H25Br2N3O2/c23-19-11-17(12-20(24)22(19)29-15-16-7-3-1-4-8-16)13-26-27-21(28)14-25-18-9-5-2-6-10-18/h1,3-4,7-8,11-13,18,25H,2,5-6,9-10,14-15H2,(H,27,28)/b26-13-. The molecule has 3 rings (SSSR count). The largest absolute Gasteiger partial charge is 0.487 e. The first-order valence-corrected chi connectivity index (χ1v) is 11.4. The van der Waals surface area contributed by atoms with Crippen LogP contribution in [0.3, 0.4) is 0 Å². The number of hydrogen-bond acceptors (Lipinski definition) is 4. The van der Waals surface area contributed by atoms with Crippen LogP contribution in [0.2, 0.25) is 0 Å². The third-order valence-corrected chi connectivity index (χ3v) is 5.98. The lowest BCUT2D eigenvalue weighted by Gasteiger charge is -2.22. The van der Waals surface area contributed by atoms with Crippen molar-refractivity contribution in [1.82, 2.24) is 10.7 Å². The zero-order valence-electron chi connectivity index (χ0n) is 16.2. The van der Waals surface area contributed by atoms with Gasteiger partial charge in [0.1, 0.15) is 12.4 Å². The molecule has 29 heavy (non-hydrogen) atoms. The first-order chi connectivity index (χ1) is 14.1. The summed E-state index contributed by atoms with van der Waals surface area (Å²) in [6, 6.07) is 14.3. The van der Waals surface area contributed by atoms with Gasteiger partial charge in [-0.05, 0) is 68.0 Å². The summed E-state index contributed by atoms with van der Waals surface area (Å²) in [4.78, 5) is 12.0.